The van der Waals surface area contributed by atoms with Crippen LogP contribution in [0.3, 0.4) is 0 Å². The van der Waals surface area contributed by atoms with Crippen LogP contribution in [0.5, 0.6) is 0 Å². The predicted octanol–water partition coefficient (Wildman–Crippen LogP) is 1.89. The van der Waals surface area contributed by atoms with Crippen LogP contribution >= 0.6 is 0 Å². The second-order valence-electron chi connectivity index (χ2n) is 4.03. The van der Waals surface area contributed by atoms with Crippen LogP contribution in [0.4, 0.5) is 0 Å². The Morgan fingerprint density at radius 2 is 1.89 bits per heavy atom. The van der Waals surface area contributed by atoms with Gasteiger partial charge < -0.3 is 14.5 Å². The summed E-state index contributed by atoms with van der Waals surface area (Å²) in [7, 11) is 0. The average molecular weight is 253 g/mol. The molecule has 0 saturated heterocycles. The molecule has 1 N–H and O–H groups in total. The quantitative estimate of drug-likeness (QED) is 0.813. The molecule has 0 fully saturated rings. The monoisotopic (exact) mass is 253 g/mol. The van der Waals surface area contributed by atoms with Gasteiger partial charge in [0.05, 0.1) is 18.6 Å². The van der Waals surface area contributed by atoms with E-state index in [4.69, 9.17) is 9.15 Å². The molecule has 0 aliphatic heterocycles. The number of hydrogen-bond donors (Lipinski definition) is 1. The second-order valence-corrected chi connectivity index (χ2v) is 4.03. The number of hydrogen-bond acceptors (Lipinski definition) is 4. The molecule has 0 bridgehead atoms. The first-order valence-electron chi connectivity index (χ1n) is 5.97. The van der Waals surface area contributed by atoms with Crippen molar-refractivity contribution in [3.63, 3.8) is 0 Å². The van der Waals surface area contributed by atoms with Crippen LogP contribution in [0.1, 0.15) is 40.8 Å². The van der Waals surface area contributed by atoms with Crippen molar-refractivity contribution < 1.29 is 18.7 Å². The highest BCUT2D eigenvalue weighted by Gasteiger charge is 2.18. The van der Waals surface area contributed by atoms with Gasteiger partial charge in [0.15, 0.2) is 0 Å². The SMILES string of the molecule is CCOC(=O)CCNC(=O)c1c(C)oc(C)c1C. The van der Waals surface area contributed by atoms with Gasteiger partial charge in [0.2, 0.25) is 0 Å². The number of esters is 1. The van der Waals surface area contributed by atoms with Gasteiger partial charge in [-0.2, -0.15) is 0 Å². The molecule has 1 aromatic rings. The zero-order valence-electron chi connectivity index (χ0n) is 11.3. The summed E-state index contributed by atoms with van der Waals surface area (Å²) in [5.41, 5.74) is 1.39. The molecular formula is C13H19NO4. The summed E-state index contributed by atoms with van der Waals surface area (Å²) in [6, 6.07) is 0. The molecule has 1 rings (SSSR count). The lowest BCUT2D eigenvalue weighted by Gasteiger charge is -2.05. The van der Waals surface area contributed by atoms with E-state index in [-0.39, 0.29) is 24.8 Å². The first-order valence-corrected chi connectivity index (χ1v) is 5.97. The van der Waals surface area contributed by atoms with Crippen LogP contribution in [0.15, 0.2) is 4.42 Å². The smallest absolute Gasteiger partial charge is 0.307 e. The van der Waals surface area contributed by atoms with Gasteiger partial charge in [0.25, 0.3) is 5.91 Å². The number of ether oxygens (including phenoxy) is 1. The van der Waals surface area contributed by atoms with Crippen LogP contribution in [0, 0.1) is 20.8 Å². The summed E-state index contributed by atoms with van der Waals surface area (Å²) in [5.74, 6) is 0.808. The van der Waals surface area contributed by atoms with E-state index in [1.165, 1.54) is 0 Å². The molecule has 0 saturated carbocycles. The van der Waals surface area contributed by atoms with Gasteiger partial charge in [-0.05, 0) is 27.7 Å². The predicted molar refractivity (Wildman–Crippen MR) is 66.5 cm³/mol. The van der Waals surface area contributed by atoms with Crippen LogP contribution in [0.2, 0.25) is 0 Å². The number of nitrogens with one attached hydrogen (secondary N) is 1. The number of carbonyl (C=O) groups excluding carboxylic acids is 2. The summed E-state index contributed by atoms with van der Waals surface area (Å²) >= 11 is 0. The van der Waals surface area contributed by atoms with Crippen molar-refractivity contribution in [2.45, 2.75) is 34.1 Å². The molecular weight excluding hydrogens is 234 g/mol. The third kappa shape index (κ3) is 3.35. The molecule has 1 aromatic heterocycles. The zero-order valence-corrected chi connectivity index (χ0v) is 11.3. The number of aryl methyl sites for hydroxylation is 2. The number of amides is 1. The van der Waals surface area contributed by atoms with Crippen LogP contribution in [-0.2, 0) is 9.53 Å². The Balaban J connectivity index is 2.53. The lowest BCUT2D eigenvalue weighted by Crippen LogP contribution is -2.27. The third-order valence-corrected chi connectivity index (χ3v) is 2.71. The van der Waals surface area contributed by atoms with Gasteiger partial charge >= 0.3 is 5.97 Å². The molecule has 0 spiro atoms. The van der Waals surface area contributed by atoms with E-state index in [0.29, 0.717) is 17.9 Å². The normalized spacial score (nSPS) is 10.2. The van der Waals surface area contributed by atoms with Crippen molar-refractivity contribution in [3.05, 3.63) is 22.6 Å². The molecule has 1 heterocycles. The Kier molecular flexibility index (Phi) is 4.95. The summed E-state index contributed by atoms with van der Waals surface area (Å²) in [6.07, 6.45) is 0.175. The first kappa shape index (κ1) is 14.3. The minimum Gasteiger partial charge on any atom is -0.466 e. The van der Waals surface area contributed by atoms with Gasteiger partial charge in [-0.15, -0.1) is 0 Å². The Morgan fingerprint density at radius 1 is 1.22 bits per heavy atom. The molecule has 5 heteroatoms. The second kappa shape index (κ2) is 6.23. The zero-order chi connectivity index (χ0) is 13.7. The van der Waals surface area contributed by atoms with E-state index >= 15 is 0 Å². The van der Waals surface area contributed by atoms with E-state index < -0.39 is 0 Å². The highest BCUT2D eigenvalue weighted by molar-refractivity contribution is 5.97. The minimum atomic E-state index is -0.311. The summed E-state index contributed by atoms with van der Waals surface area (Å²) in [4.78, 5) is 23.0. The van der Waals surface area contributed by atoms with E-state index in [2.05, 4.69) is 5.32 Å². The van der Waals surface area contributed by atoms with E-state index in [1.54, 1.807) is 13.8 Å². The topological polar surface area (TPSA) is 68.5 Å². The van der Waals surface area contributed by atoms with Crippen LogP contribution in [0.25, 0.3) is 0 Å². The maximum atomic E-state index is 11.9. The molecule has 0 unspecified atom stereocenters. The largest absolute Gasteiger partial charge is 0.466 e. The van der Waals surface area contributed by atoms with Crippen LogP contribution in [-0.4, -0.2) is 25.0 Å². The van der Waals surface area contributed by atoms with Gasteiger partial charge in [0.1, 0.15) is 11.5 Å². The van der Waals surface area contributed by atoms with Crippen molar-refractivity contribution >= 4 is 11.9 Å². The summed E-state index contributed by atoms with van der Waals surface area (Å²) < 4.78 is 10.2. The van der Waals surface area contributed by atoms with Crippen molar-refractivity contribution in [2.24, 2.45) is 0 Å². The lowest BCUT2D eigenvalue weighted by molar-refractivity contribution is -0.142. The molecule has 100 valence electrons. The fraction of sp³-hybridized carbons (Fsp3) is 0.538. The average Bonchev–Trinajstić information content (AvgIpc) is 2.53. The Hall–Kier alpha value is -1.78. The lowest BCUT2D eigenvalue weighted by atomic mass is 10.1. The fourth-order valence-electron chi connectivity index (χ4n) is 1.73. The van der Waals surface area contributed by atoms with E-state index in [1.807, 2.05) is 13.8 Å². The maximum absolute atomic E-state index is 11.9. The van der Waals surface area contributed by atoms with E-state index in [0.717, 1.165) is 11.3 Å². The summed E-state index contributed by atoms with van der Waals surface area (Å²) in [5, 5.41) is 2.68. The standard InChI is InChI=1S/C13H19NO4/c1-5-17-11(15)6-7-14-13(16)12-8(2)9(3)18-10(12)4/h5-7H2,1-4H3,(H,14,16). The fourth-order valence-corrected chi connectivity index (χ4v) is 1.73. The van der Waals surface area contributed by atoms with Crippen molar-refractivity contribution in [3.8, 4) is 0 Å². The molecule has 1 amide bonds. The van der Waals surface area contributed by atoms with Gasteiger partial charge in [-0.25, -0.2) is 0 Å². The van der Waals surface area contributed by atoms with Crippen molar-refractivity contribution in [1.82, 2.24) is 5.32 Å². The van der Waals surface area contributed by atoms with Gasteiger partial charge in [-0.3, -0.25) is 9.59 Å². The van der Waals surface area contributed by atoms with Gasteiger partial charge in [-0.1, -0.05) is 0 Å². The first-order chi connectivity index (χ1) is 8.47. The van der Waals surface area contributed by atoms with Crippen molar-refractivity contribution in [2.75, 3.05) is 13.2 Å². The maximum Gasteiger partial charge on any atom is 0.307 e. The third-order valence-electron chi connectivity index (χ3n) is 2.71. The van der Waals surface area contributed by atoms with Gasteiger partial charge in [0, 0.05) is 12.1 Å². The van der Waals surface area contributed by atoms with E-state index in [9.17, 15) is 9.59 Å². The Labute approximate surface area is 106 Å². The Morgan fingerprint density at radius 3 is 2.39 bits per heavy atom. The highest BCUT2D eigenvalue weighted by atomic mass is 16.5. The highest BCUT2D eigenvalue weighted by Crippen LogP contribution is 2.20. The number of carbonyl (C=O) groups is 2. The molecule has 0 aromatic carbocycles. The molecule has 5 nitrogen and oxygen atoms in total. The van der Waals surface area contributed by atoms with Crippen molar-refractivity contribution in [1.29, 1.82) is 0 Å². The minimum absolute atomic E-state index is 0.175. The van der Waals surface area contributed by atoms with Crippen LogP contribution < -0.4 is 5.32 Å². The molecule has 0 radical (unpaired) electrons. The molecule has 0 aliphatic carbocycles. The summed E-state index contributed by atoms with van der Waals surface area (Å²) in [6.45, 7) is 7.77. The Bertz CT molecular complexity index is 448. The number of rotatable bonds is 5. The number of furan rings is 1. The molecule has 18 heavy (non-hydrogen) atoms. The molecule has 0 atom stereocenters. The molecule has 0 aliphatic rings.